The normalized spacial score (nSPS) is 12.9. The van der Waals surface area contributed by atoms with Crippen LogP contribution in [0.2, 0.25) is 0 Å². The largest absolute Gasteiger partial charge is 0.465 e. The highest BCUT2D eigenvalue weighted by Gasteiger charge is 2.21. The molecule has 0 saturated heterocycles. The zero-order valence-corrected chi connectivity index (χ0v) is 14.7. The molecule has 2 heteroatoms. The van der Waals surface area contributed by atoms with E-state index in [4.69, 9.17) is 9.47 Å². The first-order chi connectivity index (χ1) is 11.0. The third-order valence-electron chi connectivity index (χ3n) is 3.66. The van der Waals surface area contributed by atoms with Crippen LogP contribution in [0.1, 0.15) is 45.2 Å². The summed E-state index contributed by atoms with van der Waals surface area (Å²) in [6.45, 7) is 9.33. The van der Waals surface area contributed by atoms with Crippen molar-refractivity contribution in [2.75, 3.05) is 0 Å². The number of rotatable bonds is 7. The van der Waals surface area contributed by atoms with E-state index in [-0.39, 0.29) is 11.7 Å². The molecule has 0 radical (unpaired) electrons. The highest BCUT2D eigenvalue weighted by atomic mass is 16.7. The molecule has 0 saturated carbocycles. The van der Waals surface area contributed by atoms with Crippen LogP contribution in [-0.4, -0.2) is 6.29 Å². The van der Waals surface area contributed by atoms with Crippen LogP contribution in [0.25, 0.3) is 0 Å². The van der Waals surface area contributed by atoms with Crippen molar-refractivity contribution in [3.05, 3.63) is 65.7 Å². The summed E-state index contributed by atoms with van der Waals surface area (Å²) in [6, 6.07) is 18.5. The van der Waals surface area contributed by atoms with Crippen molar-refractivity contribution in [1.29, 1.82) is 0 Å². The van der Waals surface area contributed by atoms with E-state index in [1.807, 2.05) is 30.3 Å². The second kappa shape index (κ2) is 8.16. The summed E-state index contributed by atoms with van der Waals surface area (Å²) in [5.74, 6) is 0.865. The maximum absolute atomic E-state index is 6.09. The maximum atomic E-state index is 6.09. The van der Waals surface area contributed by atoms with Crippen molar-refractivity contribution in [1.82, 2.24) is 0 Å². The summed E-state index contributed by atoms with van der Waals surface area (Å²) in [6.07, 6.45) is 1.63. The van der Waals surface area contributed by atoms with Crippen LogP contribution < -0.4 is 4.74 Å². The van der Waals surface area contributed by atoms with Crippen LogP contribution in [0.3, 0.4) is 0 Å². The lowest BCUT2D eigenvalue weighted by Crippen LogP contribution is -2.26. The summed E-state index contributed by atoms with van der Waals surface area (Å²) < 4.78 is 12.1. The Balaban J connectivity index is 2.00. The molecule has 0 heterocycles. The molecule has 2 aromatic carbocycles. The van der Waals surface area contributed by atoms with E-state index in [2.05, 4.69) is 52.0 Å². The molecule has 2 rings (SSSR count). The van der Waals surface area contributed by atoms with Crippen molar-refractivity contribution < 1.29 is 9.47 Å². The molecule has 23 heavy (non-hydrogen) atoms. The average molecular weight is 312 g/mol. The Labute approximate surface area is 140 Å². The second-order valence-electron chi connectivity index (χ2n) is 7.11. The molecular formula is C21H28O2. The van der Waals surface area contributed by atoms with Gasteiger partial charge in [0.05, 0.1) is 6.61 Å². The van der Waals surface area contributed by atoms with E-state index in [0.717, 1.165) is 24.2 Å². The van der Waals surface area contributed by atoms with Gasteiger partial charge in [-0.05, 0) is 35.1 Å². The second-order valence-corrected chi connectivity index (χ2v) is 7.11. The van der Waals surface area contributed by atoms with Crippen molar-refractivity contribution in [2.24, 2.45) is 5.41 Å². The highest BCUT2D eigenvalue weighted by molar-refractivity contribution is 5.27. The molecule has 2 nitrogen and oxygen atoms in total. The standard InChI is InChI=1S/C21H28O2/c1-5-17-11-13-19(14-12-17)23-20(15-21(2,3)4)22-16-18-9-7-6-8-10-18/h6-14,20H,5,15-16H2,1-4H3. The summed E-state index contributed by atoms with van der Waals surface area (Å²) in [4.78, 5) is 0. The topological polar surface area (TPSA) is 18.5 Å². The molecule has 124 valence electrons. The van der Waals surface area contributed by atoms with Gasteiger partial charge in [-0.25, -0.2) is 0 Å². The highest BCUT2D eigenvalue weighted by Crippen LogP contribution is 2.25. The Kier molecular flexibility index (Phi) is 6.23. The van der Waals surface area contributed by atoms with Crippen LogP contribution in [0, 0.1) is 5.41 Å². The smallest absolute Gasteiger partial charge is 0.200 e. The SMILES string of the molecule is CCc1ccc(OC(CC(C)(C)C)OCc2ccccc2)cc1. The molecule has 1 unspecified atom stereocenters. The minimum absolute atomic E-state index is 0.144. The number of benzene rings is 2. The van der Waals surface area contributed by atoms with E-state index < -0.39 is 0 Å². The molecule has 0 N–H and O–H groups in total. The van der Waals surface area contributed by atoms with Gasteiger partial charge in [-0.3, -0.25) is 0 Å². The van der Waals surface area contributed by atoms with Gasteiger partial charge in [0.15, 0.2) is 0 Å². The molecule has 0 fully saturated rings. The predicted molar refractivity (Wildman–Crippen MR) is 95.5 cm³/mol. The van der Waals surface area contributed by atoms with Crippen molar-refractivity contribution in [2.45, 2.75) is 53.4 Å². The summed E-state index contributed by atoms with van der Waals surface area (Å²) in [5.41, 5.74) is 2.62. The van der Waals surface area contributed by atoms with Gasteiger partial charge in [0, 0.05) is 6.42 Å². The fraction of sp³-hybridized carbons (Fsp3) is 0.429. The fourth-order valence-electron chi connectivity index (χ4n) is 2.35. The first-order valence-corrected chi connectivity index (χ1v) is 8.37. The molecule has 0 aliphatic rings. The predicted octanol–water partition coefficient (Wildman–Crippen LogP) is 5.61. The van der Waals surface area contributed by atoms with Gasteiger partial charge in [0.1, 0.15) is 5.75 Å². The molecule has 0 aromatic heterocycles. The minimum Gasteiger partial charge on any atom is -0.465 e. The summed E-state index contributed by atoms with van der Waals surface area (Å²) in [5, 5.41) is 0. The minimum atomic E-state index is -0.248. The molecule has 1 atom stereocenters. The van der Waals surface area contributed by atoms with Gasteiger partial charge in [0.25, 0.3) is 0 Å². The molecule has 0 aliphatic carbocycles. The van der Waals surface area contributed by atoms with Gasteiger partial charge < -0.3 is 9.47 Å². The van der Waals surface area contributed by atoms with Gasteiger partial charge >= 0.3 is 0 Å². The first-order valence-electron chi connectivity index (χ1n) is 8.37. The van der Waals surface area contributed by atoms with Gasteiger partial charge in [0.2, 0.25) is 6.29 Å². The Morgan fingerprint density at radius 2 is 1.52 bits per heavy atom. The molecule has 0 bridgehead atoms. The van der Waals surface area contributed by atoms with E-state index in [1.54, 1.807) is 0 Å². The Bertz CT molecular complexity index is 567. The lowest BCUT2D eigenvalue weighted by Gasteiger charge is -2.27. The number of hydrogen-bond donors (Lipinski definition) is 0. The summed E-state index contributed by atoms with van der Waals surface area (Å²) >= 11 is 0. The van der Waals surface area contributed by atoms with E-state index >= 15 is 0 Å². The van der Waals surface area contributed by atoms with Crippen molar-refractivity contribution in [3.8, 4) is 5.75 Å². The van der Waals surface area contributed by atoms with Gasteiger partial charge in [-0.15, -0.1) is 0 Å². The average Bonchev–Trinajstić information content (AvgIpc) is 2.53. The lowest BCUT2D eigenvalue weighted by molar-refractivity contribution is -0.108. The van der Waals surface area contributed by atoms with E-state index in [9.17, 15) is 0 Å². The van der Waals surface area contributed by atoms with Gasteiger partial charge in [-0.1, -0.05) is 70.2 Å². The van der Waals surface area contributed by atoms with Crippen molar-refractivity contribution in [3.63, 3.8) is 0 Å². The van der Waals surface area contributed by atoms with E-state index in [0.29, 0.717) is 6.61 Å². The number of ether oxygens (including phenoxy) is 2. The summed E-state index contributed by atoms with van der Waals surface area (Å²) in [7, 11) is 0. The molecule has 0 amide bonds. The molecule has 2 aromatic rings. The monoisotopic (exact) mass is 312 g/mol. The van der Waals surface area contributed by atoms with Gasteiger partial charge in [-0.2, -0.15) is 0 Å². The number of hydrogen-bond acceptors (Lipinski definition) is 2. The molecule has 0 spiro atoms. The molecular weight excluding hydrogens is 284 g/mol. The van der Waals surface area contributed by atoms with Crippen LogP contribution >= 0.6 is 0 Å². The quantitative estimate of drug-likeness (QED) is 0.619. The zero-order valence-electron chi connectivity index (χ0n) is 14.7. The van der Waals surface area contributed by atoms with Crippen LogP contribution in [0.15, 0.2) is 54.6 Å². The Morgan fingerprint density at radius 1 is 0.870 bits per heavy atom. The Morgan fingerprint density at radius 3 is 2.09 bits per heavy atom. The first kappa shape index (κ1) is 17.6. The van der Waals surface area contributed by atoms with Crippen LogP contribution in [0.4, 0.5) is 0 Å². The fourth-order valence-corrected chi connectivity index (χ4v) is 2.35. The Hall–Kier alpha value is -1.80. The van der Waals surface area contributed by atoms with Crippen LogP contribution in [-0.2, 0) is 17.8 Å². The number of aryl methyl sites for hydroxylation is 1. The zero-order chi connectivity index (χ0) is 16.7. The van der Waals surface area contributed by atoms with Crippen LogP contribution in [0.5, 0.6) is 5.75 Å². The third-order valence-corrected chi connectivity index (χ3v) is 3.66. The van der Waals surface area contributed by atoms with E-state index in [1.165, 1.54) is 5.56 Å². The third kappa shape index (κ3) is 6.45. The maximum Gasteiger partial charge on any atom is 0.200 e. The lowest BCUT2D eigenvalue weighted by atomic mass is 9.92. The van der Waals surface area contributed by atoms with Crippen molar-refractivity contribution >= 4 is 0 Å². The molecule has 0 aliphatic heterocycles.